The Bertz CT molecular complexity index is 587. The number of hydrogen-bond acceptors (Lipinski definition) is 2. The maximum Gasteiger partial charge on any atom is 0.0992 e. The molecule has 1 aliphatic carbocycles. The van der Waals surface area contributed by atoms with Gasteiger partial charge in [-0.3, -0.25) is 0 Å². The molecule has 1 heterocycles. The largest absolute Gasteiger partial charge is 0.347 e. The highest BCUT2D eigenvalue weighted by Crippen LogP contribution is 2.19. The fraction of sp³-hybridized carbons (Fsp3) is 0.400. The Balaban J connectivity index is 1.68. The number of nitrogens with one attached hydrogen (secondary N) is 1. The van der Waals surface area contributed by atoms with Crippen molar-refractivity contribution >= 4 is 10.9 Å². The first kappa shape index (κ1) is 11.3. The molecule has 0 bridgehead atoms. The molecule has 1 aromatic carbocycles. The third-order valence-corrected chi connectivity index (χ3v) is 3.49. The van der Waals surface area contributed by atoms with E-state index in [0.717, 1.165) is 31.1 Å². The van der Waals surface area contributed by atoms with Crippen LogP contribution in [-0.2, 0) is 6.54 Å². The Hall–Kier alpha value is -1.79. The van der Waals surface area contributed by atoms with E-state index in [0.29, 0.717) is 0 Å². The monoisotopic (exact) mass is 239 g/mol. The van der Waals surface area contributed by atoms with Gasteiger partial charge in [-0.15, -0.1) is 0 Å². The van der Waals surface area contributed by atoms with Gasteiger partial charge in [-0.05, 0) is 49.4 Å². The van der Waals surface area contributed by atoms with Gasteiger partial charge in [0.2, 0.25) is 0 Å². The molecule has 0 unspecified atom stereocenters. The average molecular weight is 239 g/mol. The third kappa shape index (κ3) is 2.39. The van der Waals surface area contributed by atoms with Crippen molar-refractivity contribution in [2.75, 3.05) is 6.54 Å². The van der Waals surface area contributed by atoms with Gasteiger partial charge in [-0.1, -0.05) is 6.07 Å². The Labute approximate surface area is 107 Å². The quantitative estimate of drug-likeness (QED) is 0.815. The number of nitriles is 1. The molecule has 0 aliphatic heterocycles. The number of aromatic nitrogens is 1. The summed E-state index contributed by atoms with van der Waals surface area (Å²) in [4.78, 5) is 0. The summed E-state index contributed by atoms with van der Waals surface area (Å²) in [7, 11) is 0. The highest BCUT2D eigenvalue weighted by molar-refractivity contribution is 5.81. The molecule has 3 heteroatoms. The molecule has 1 N–H and O–H groups in total. The number of hydrogen-bond donors (Lipinski definition) is 1. The van der Waals surface area contributed by atoms with Crippen molar-refractivity contribution in [1.29, 1.82) is 5.26 Å². The summed E-state index contributed by atoms with van der Waals surface area (Å²) < 4.78 is 2.24. The zero-order valence-corrected chi connectivity index (χ0v) is 10.4. The van der Waals surface area contributed by atoms with Crippen molar-refractivity contribution < 1.29 is 0 Å². The number of aryl methyl sites for hydroxylation is 1. The van der Waals surface area contributed by atoms with E-state index in [1.807, 2.05) is 18.2 Å². The summed E-state index contributed by atoms with van der Waals surface area (Å²) in [6.07, 6.45) is 5.94. The number of nitrogens with zero attached hydrogens (tertiary/aromatic N) is 2. The molecule has 1 aromatic heterocycles. The second-order valence-electron chi connectivity index (χ2n) is 4.98. The van der Waals surface area contributed by atoms with Crippen LogP contribution in [0.3, 0.4) is 0 Å². The lowest BCUT2D eigenvalue weighted by Gasteiger charge is -2.06. The minimum Gasteiger partial charge on any atom is -0.347 e. The van der Waals surface area contributed by atoms with Gasteiger partial charge in [0.15, 0.2) is 0 Å². The lowest BCUT2D eigenvalue weighted by molar-refractivity contribution is 0.588. The smallest absolute Gasteiger partial charge is 0.0992 e. The highest BCUT2D eigenvalue weighted by atomic mass is 15.0. The van der Waals surface area contributed by atoms with Gasteiger partial charge in [0, 0.05) is 24.3 Å². The van der Waals surface area contributed by atoms with E-state index >= 15 is 0 Å². The van der Waals surface area contributed by atoms with Crippen LogP contribution in [0.25, 0.3) is 10.9 Å². The van der Waals surface area contributed by atoms with Gasteiger partial charge in [0.05, 0.1) is 11.6 Å². The van der Waals surface area contributed by atoms with Gasteiger partial charge < -0.3 is 9.88 Å². The summed E-state index contributed by atoms with van der Waals surface area (Å²) in [5.74, 6) is 0. The molecular weight excluding hydrogens is 222 g/mol. The van der Waals surface area contributed by atoms with Gasteiger partial charge in [0.25, 0.3) is 0 Å². The van der Waals surface area contributed by atoms with Crippen molar-refractivity contribution in [3.63, 3.8) is 0 Å². The maximum atomic E-state index is 8.94. The van der Waals surface area contributed by atoms with E-state index in [4.69, 9.17) is 5.26 Å². The predicted molar refractivity (Wildman–Crippen MR) is 72.3 cm³/mol. The fourth-order valence-electron chi connectivity index (χ4n) is 2.29. The summed E-state index contributed by atoms with van der Waals surface area (Å²) in [5, 5.41) is 13.7. The highest BCUT2D eigenvalue weighted by Gasteiger charge is 2.19. The molecular formula is C15H17N3. The second-order valence-corrected chi connectivity index (χ2v) is 4.98. The van der Waals surface area contributed by atoms with Crippen LogP contribution in [0.1, 0.15) is 24.8 Å². The molecule has 1 fully saturated rings. The summed E-state index contributed by atoms with van der Waals surface area (Å²) >= 11 is 0. The fourth-order valence-corrected chi connectivity index (χ4v) is 2.29. The lowest BCUT2D eigenvalue weighted by atomic mass is 10.2. The minimum atomic E-state index is 0.735. The van der Waals surface area contributed by atoms with E-state index in [1.165, 1.54) is 23.7 Å². The van der Waals surface area contributed by atoms with Crippen LogP contribution >= 0.6 is 0 Å². The van der Waals surface area contributed by atoms with Crippen molar-refractivity contribution in [3.05, 3.63) is 36.0 Å². The van der Waals surface area contributed by atoms with Crippen LogP contribution in [0.4, 0.5) is 0 Å². The van der Waals surface area contributed by atoms with Crippen molar-refractivity contribution in [2.45, 2.75) is 31.8 Å². The van der Waals surface area contributed by atoms with Crippen LogP contribution in [0.5, 0.6) is 0 Å². The molecule has 0 saturated heterocycles. The van der Waals surface area contributed by atoms with Gasteiger partial charge >= 0.3 is 0 Å². The van der Waals surface area contributed by atoms with E-state index in [2.05, 4.69) is 28.2 Å². The SMILES string of the molecule is N#Cc1ccc2ccn(CCCNC3CC3)c2c1. The Kier molecular flexibility index (Phi) is 3.04. The topological polar surface area (TPSA) is 40.8 Å². The Morgan fingerprint density at radius 3 is 3.00 bits per heavy atom. The van der Waals surface area contributed by atoms with Crippen molar-refractivity contribution in [1.82, 2.24) is 9.88 Å². The second kappa shape index (κ2) is 4.83. The van der Waals surface area contributed by atoms with Gasteiger partial charge in [0.1, 0.15) is 0 Å². The van der Waals surface area contributed by atoms with Crippen LogP contribution in [0.15, 0.2) is 30.5 Å². The molecule has 0 atom stereocenters. The van der Waals surface area contributed by atoms with Crippen LogP contribution in [0, 0.1) is 11.3 Å². The summed E-state index contributed by atoms with van der Waals surface area (Å²) in [6.45, 7) is 2.10. The average Bonchev–Trinajstić information content (AvgIpc) is 3.15. The Morgan fingerprint density at radius 1 is 1.33 bits per heavy atom. The third-order valence-electron chi connectivity index (χ3n) is 3.49. The first-order chi connectivity index (χ1) is 8.86. The minimum absolute atomic E-state index is 0.735. The van der Waals surface area contributed by atoms with Crippen LogP contribution < -0.4 is 5.32 Å². The van der Waals surface area contributed by atoms with Crippen LogP contribution in [0.2, 0.25) is 0 Å². The van der Waals surface area contributed by atoms with Gasteiger partial charge in [-0.2, -0.15) is 5.26 Å². The van der Waals surface area contributed by atoms with Crippen LogP contribution in [-0.4, -0.2) is 17.2 Å². The molecule has 18 heavy (non-hydrogen) atoms. The molecule has 92 valence electrons. The number of benzene rings is 1. The van der Waals surface area contributed by atoms with E-state index < -0.39 is 0 Å². The van der Waals surface area contributed by atoms with Gasteiger partial charge in [-0.25, -0.2) is 0 Å². The Morgan fingerprint density at radius 2 is 2.22 bits per heavy atom. The molecule has 0 spiro atoms. The van der Waals surface area contributed by atoms with E-state index in [1.54, 1.807) is 0 Å². The molecule has 1 aliphatic rings. The number of rotatable bonds is 5. The maximum absolute atomic E-state index is 8.94. The lowest BCUT2D eigenvalue weighted by Crippen LogP contribution is -2.18. The molecule has 0 radical (unpaired) electrons. The normalized spacial score (nSPS) is 14.8. The van der Waals surface area contributed by atoms with Crippen molar-refractivity contribution in [2.24, 2.45) is 0 Å². The molecule has 3 nitrogen and oxygen atoms in total. The van der Waals surface area contributed by atoms with Crippen molar-refractivity contribution in [3.8, 4) is 6.07 Å². The number of fused-ring (bicyclic) bond motifs is 1. The standard InChI is InChI=1S/C15H17N3/c16-11-12-2-3-13-6-9-18(15(13)10-12)8-1-7-17-14-4-5-14/h2-3,6,9-10,14,17H,1,4-5,7-8H2. The first-order valence-corrected chi connectivity index (χ1v) is 6.59. The zero-order chi connectivity index (χ0) is 12.4. The molecule has 1 saturated carbocycles. The van der Waals surface area contributed by atoms with E-state index in [-0.39, 0.29) is 0 Å². The van der Waals surface area contributed by atoms with E-state index in [9.17, 15) is 0 Å². The molecule has 0 amide bonds. The molecule has 3 rings (SSSR count). The summed E-state index contributed by atoms with van der Waals surface area (Å²) in [6, 6.07) is 11.0. The predicted octanol–water partition coefficient (Wildman–Crippen LogP) is 2.66. The molecule has 2 aromatic rings. The summed E-state index contributed by atoms with van der Waals surface area (Å²) in [5.41, 5.74) is 1.90. The first-order valence-electron chi connectivity index (χ1n) is 6.59. The zero-order valence-electron chi connectivity index (χ0n) is 10.4.